The Morgan fingerprint density at radius 3 is 2.43 bits per heavy atom. The summed E-state index contributed by atoms with van der Waals surface area (Å²) in [6, 6.07) is 15.7. The van der Waals surface area contributed by atoms with Gasteiger partial charge in [0.2, 0.25) is 0 Å². The second kappa shape index (κ2) is 6.86. The second-order valence-corrected chi connectivity index (χ2v) is 7.27. The average Bonchev–Trinajstić information content (AvgIpc) is 3.17. The van der Waals surface area contributed by atoms with Crippen molar-refractivity contribution in [2.45, 2.75) is 25.2 Å². The Labute approximate surface area is 161 Å². The first-order valence-corrected chi connectivity index (χ1v) is 9.56. The average molecular weight is 378 g/mol. The third-order valence-corrected chi connectivity index (χ3v) is 5.65. The van der Waals surface area contributed by atoms with Gasteiger partial charge in [0.25, 0.3) is 6.43 Å². The molecule has 0 amide bonds. The third-order valence-electron chi connectivity index (χ3n) is 5.65. The molecule has 3 heterocycles. The highest BCUT2D eigenvalue weighted by molar-refractivity contribution is 5.89. The normalized spacial score (nSPS) is 15.8. The fourth-order valence-electron chi connectivity index (χ4n) is 4.25. The molecule has 1 aliphatic heterocycles. The highest BCUT2D eigenvalue weighted by atomic mass is 19.3. The van der Waals surface area contributed by atoms with Crippen LogP contribution in [0.4, 0.5) is 14.6 Å². The van der Waals surface area contributed by atoms with Crippen LogP contribution >= 0.6 is 0 Å². The van der Waals surface area contributed by atoms with Gasteiger partial charge in [-0.2, -0.15) is 0 Å². The molecule has 2 aromatic carbocycles. The number of alkyl halides is 2. The zero-order valence-electron chi connectivity index (χ0n) is 15.3. The number of hydrogen-bond donors (Lipinski definition) is 1. The quantitative estimate of drug-likeness (QED) is 0.517. The molecule has 4 aromatic rings. The number of hydrogen-bond acceptors (Lipinski definition) is 3. The zero-order valence-corrected chi connectivity index (χ0v) is 15.3. The summed E-state index contributed by atoms with van der Waals surface area (Å²) in [5.41, 5.74) is 3.07. The summed E-state index contributed by atoms with van der Waals surface area (Å²) in [7, 11) is 0. The van der Waals surface area contributed by atoms with E-state index in [-0.39, 0.29) is 0 Å². The Bertz CT molecular complexity index is 1130. The predicted molar refractivity (Wildman–Crippen MR) is 107 cm³/mol. The van der Waals surface area contributed by atoms with Gasteiger partial charge in [0, 0.05) is 35.6 Å². The lowest BCUT2D eigenvalue weighted by molar-refractivity contribution is 0.141. The first-order valence-electron chi connectivity index (χ1n) is 9.56. The fourth-order valence-corrected chi connectivity index (χ4v) is 4.25. The number of nitrogens with zero attached hydrogens (tertiary/aromatic N) is 3. The predicted octanol–water partition coefficient (Wildman–Crippen LogP) is 5.43. The molecule has 1 N–H and O–H groups in total. The van der Waals surface area contributed by atoms with Crippen LogP contribution in [0.15, 0.2) is 54.7 Å². The molecule has 0 saturated carbocycles. The standard InChI is InChI=1S/C22H20F2N4/c23-20(24)21-26-19-8-4-2-6-16(19)22(27-21)28-11-9-14(10-12-28)17-13-25-18-7-3-1-5-15(17)18/h1-8,13-14,20,25H,9-12H2. The number of para-hydroxylation sites is 2. The summed E-state index contributed by atoms with van der Waals surface area (Å²) in [4.78, 5) is 13.7. The van der Waals surface area contributed by atoms with Crippen molar-refractivity contribution in [2.24, 2.45) is 0 Å². The van der Waals surface area contributed by atoms with E-state index in [9.17, 15) is 8.78 Å². The largest absolute Gasteiger partial charge is 0.361 e. The van der Waals surface area contributed by atoms with E-state index in [1.54, 1.807) is 6.07 Å². The Morgan fingerprint density at radius 2 is 1.64 bits per heavy atom. The number of anilines is 1. The molecule has 1 fully saturated rings. The minimum absolute atomic E-state index is 0.396. The molecule has 1 aliphatic rings. The number of benzene rings is 2. The molecular weight excluding hydrogens is 358 g/mol. The number of nitrogens with one attached hydrogen (secondary N) is 1. The molecule has 0 atom stereocenters. The van der Waals surface area contributed by atoms with E-state index in [0.717, 1.165) is 36.8 Å². The maximum absolute atomic E-state index is 13.3. The maximum Gasteiger partial charge on any atom is 0.297 e. The fraction of sp³-hybridized carbons (Fsp3) is 0.273. The molecule has 142 valence electrons. The Kier molecular flexibility index (Phi) is 4.19. The Balaban J connectivity index is 1.44. The number of halogens is 2. The van der Waals surface area contributed by atoms with Crippen molar-refractivity contribution in [3.63, 3.8) is 0 Å². The summed E-state index contributed by atoms with van der Waals surface area (Å²) in [5, 5.41) is 2.10. The van der Waals surface area contributed by atoms with Crippen molar-refractivity contribution in [1.82, 2.24) is 15.0 Å². The molecule has 2 aromatic heterocycles. The van der Waals surface area contributed by atoms with Crippen molar-refractivity contribution in [3.05, 3.63) is 66.1 Å². The van der Waals surface area contributed by atoms with Gasteiger partial charge in [-0.05, 0) is 42.5 Å². The molecule has 5 rings (SSSR count). The van der Waals surface area contributed by atoms with E-state index in [0.29, 0.717) is 17.3 Å². The van der Waals surface area contributed by atoms with E-state index in [2.05, 4.69) is 44.2 Å². The number of aromatic amines is 1. The Hall–Kier alpha value is -3.02. The minimum atomic E-state index is -2.67. The molecule has 0 aliphatic carbocycles. The van der Waals surface area contributed by atoms with Crippen molar-refractivity contribution in [3.8, 4) is 0 Å². The van der Waals surface area contributed by atoms with Gasteiger partial charge in [-0.25, -0.2) is 18.7 Å². The highest BCUT2D eigenvalue weighted by Crippen LogP contribution is 2.36. The van der Waals surface area contributed by atoms with E-state index in [1.165, 1.54) is 10.9 Å². The number of H-pyrrole nitrogens is 1. The molecular formula is C22H20F2N4. The van der Waals surface area contributed by atoms with Gasteiger partial charge in [-0.3, -0.25) is 0 Å². The van der Waals surface area contributed by atoms with E-state index in [4.69, 9.17) is 0 Å². The first kappa shape index (κ1) is 17.1. The SMILES string of the molecule is FC(F)c1nc(N2CCC(c3c[nH]c4ccccc34)CC2)c2ccccc2n1. The number of aromatic nitrogens is 3. The van der Waals surface area contributed by atoms with Crippen molar-refractivity contribution in [1.29, 1.82) is 0 Å². The van der Waals surface area contributed by atoms with Crippen molar-refractivity contribution in [2.75, 3.05) is 18.0 Å². The molecule has 0 bridgehead atoms. The molecule has 6 heteroatoms. The van der Waals surface area contributed by atoms with E-state index >= 15 is 0 Å². The van der Waals surface area contributed by atoms with Crippen LogP contribution < -0.4 is 4.90 Å². The van der Waals surface area contributed by atoms with Crippen molar-refractivity contribution >= 4 is 27.6 Å². The van der Waals surface area contributed by atoms with Gasteiger partial charge in [-0.1, -0.05) is 30.3 Å². The first-order chi connectivity index (χ1) is 13.7. The summed E-state index contributed by atoms with van der Waals surface area (Å²) < 4.78 is 26.6. The van der Waals surface area contributed by atoms with Crippen molar-refractivity contribution < 1.29 is 8.78 Å². The van der Waals surface area contributed by atoms with Gasteiger partial charge >= 0.3 is 0 Å². The maximum atomic E-state index is 13.3. The number of rotatable bonds is 3. The van der Waals surface area contributed by atoms with E-state index < -0.39 is 12.2 Å². The van der Waals surface area contributed by atoms with Crippen LogP contribution in [0.1, 0.15) is 36.6 Å². The minimum Gasteiger partial charge on any atom is -0.361 e. The summed E-state index contributed by atoms with van der Waals surface area (Å²) in [5.74, 6) is 0.681. The molecule has 28 heavy (non-hydrogen) atoms. The smallest absolute Gasteiger partial charge is 0.297 e. The van der Waals surface area contributed by atoms with Gasteiger partial charge < -0.3 is 9.88 Å². The lowest BCUT2D eigenvalue weighted by Gasteiger charge is -2.33. The topological polar surface area (TPSA) is 44.8 Å². The number of fused-ring (bicyclic) bond motifs is 2. The Morgan fingerprint density at radius 1 is 0.929 bits per heavy atom. The van der Waals surface area contributed by atoms with Gasteiger partial charge in [0.05, 0.1) is 5.52 Å². The van der Waals surface area contributed by atoms with Gasteiger partial charge in [0.1, 0.15) is 5.82 Å². The third kappa shape index (κ3) is 2.89. The van der Waals surface area contributed by atoms with Crippen LogP contribution in [0.25, 0.3) is 21.8 Å². The molecule has 0 unspecified atom stereocenters. The van der Waals surface area contributed by atoms with Crippen LogP contribution in [-0.2, 0) is 0 Å². The molecule has 1 saturated heterocycles. The van der Waals surface area contributed by atoms with Crippen LogP contribution in [0.2, 0.25) is 0 Å². The molecule has 4 nitrogen and oxygen atoms in total. The van der Waals surface area contributed by atoms with Crippen LogP contribution in [0, 0.1) is 0 Å². The van der Waals surface area contributed by atoms with E-state index in [1.807, 2.05) is 24.3 Å². The summed E-state index contributed by atoms with van der Waals surface area (Å²) in [6.07, 6.45) is 1.36. The molecule has 0 spiro atoms. The van der Waals surface area contributed by atoms with Crippen LogP contribution in [0.3, 0.4) is 0 Å². The van der Waals surface area contributed by atoms with Gasteiger partial charge in [-0.15, -0.1) is 0 Å². The molecule has 0 radical (unpaired) electrons. The summed E-state index contributed by atoms with van der Waals surface area (Å²) >= 11 is 0. The zero-order chi connectivity index (χ0) is 19.1. The van der Waals surface area contributed by atoms with Gasteiger partial charge in [0.15, 0.2) is 5.82 Å². The van der Waals surface area contributed by atoms with Crippen LogP contribution in [0.5, 0.6) is 0 Å². The lowest BCUT2D eigenvalue weighted by Crippen LogP contribution is -2.34. The lowest BCUT2D eigenvalue weighted by atomic mass is 9.89. The van der Waals surface area contributed by atoms with Crippen LogP contribution in [-0.4, -0.2) is 28.0 Å². The highest BCUT2D eigenvalue weighted by Gasteiger charge is 2.26. The number of piperidine rings is 1. The summed E-state index contributed by atoms with van der Waals surface area (Å²) in [6.45, 7) is 1.57. The second-order valence-electron chi connectivity index (χ2n) is 7.27. The monoisotopic (exact) mass is 378 g/mol.